The van der Waals surface area contributed by atoms with Gasteiger partial charge in [0.2, 0.25) is 5.91 Å². The summed E-state index contributed by atoms with van der Waals surface area (Å²) in [5.41, 5.74) is 2.04. The zero-order chi connectivity index (χ0) is 17.8. The van der Waals surface area contributed by atoms with Crippen molar-refractivity contribution in [2.24, 2.45) is 5.92 Å². The number of carbonyl (C=O) groups is 1. The standard InChI is InChI=1S/C20H22ClNO3/c1-25-19-8-3-2-5-15(19)13-22(9-10-23)20(24)18-12-17(18)14-6-4-7-16(21)11-14/h2-8,11,17-18,23H,9-10,12-13H2,1H3. The lowest BCUT2D eigenvalue weighted by atomic mass is 10.1. The Labute approximate surface area is 153 Å². The topological polar surface area (TPSA) is 49.8 Å². The zero-order valence-electron chi connectivity index (χ0n) is 14.2. The third-order valence-corrected chi connectivity index (χ3v) is 4.85. The summed E-state index contributed by atoms with van der Waals surface area (Å²) in [4.78, 5) is 14.6. The van der Waals surface area contributed by atoms with Gasteiger partial charge in [0.1, 0.15) is 5.75 Å². The minimum absolute atomic E-state index is 0.0419. The molecule has 2 atom stereocenters. The highest BCUT2D eigenvalue weighted by Gasteiger charge is 2.45. The van der Waals surface area contributed by atoms with Gasteiger partial charge in [0.25, 0.3) is 0 Å². The molecule has 1 amide bonds. The van der Waals surface area contributed by atoms with E-state index in [1.54, 1.807) is 12.0 Å². The Hall–Kier alpha value is -2.04. The quantitative estimate of drug-likeness (QED) is 0.823. The van der Waals surface area contributed by atoms with Gasteiger partial charge in [0.15, 0.2) is 0 Å². The van der Waals surface area contributed by atoms with E-state index >= 15 is 0 Å². The smallest absolute Gasteiger partial charge is 0.226 e. The van der Waals surface area contributed by atoms with E-state index in [4.69, 9.17) is 16.3 Å². The van der Waals surface area contributed by atoms with Gasteiger partial charge in [-0.2, -0.15) is 0 Å². The lowest BCUT2D eigenvalue weighted by Gasteiger charge is -2.23. The van der Waals surface area contributed by atoms with Crippen LogP contribution in [0.4, 0.5) is 0 Å². The number of halogens is 1. The highest BCUT2D eigenvalue weighted by Crippen LogP contribution is 2.49. The predicted molar refractivity (Wildman–Crippen MR) is 97.8 cm³/mol. The van der Waals surface area contributed by atoms with Crippen LogP contribution in [0, 0.1) is 5.92 Å². The SMILES string of the molecule is COc1ccccc1CN(CCO)C(=O)C1CC1c1cccc(Cl)c1. The first-order chi connectivity index (χ1) is 12.1. The number of rotatable bonds is 7. The summed E-state index contributed by atoms with van der Waals surface area (Å²) < 4.78 is 5.37. The highest BCUT2D eigenvalue weighted by molar-refractivity contribution is 6.30. The van der Waals surface area contributed by atoms with Crippen molar-refractivity contribution in [3.8, 4) is 5.75 Å². The molecule has 0 saturated heterocycles. The Morgan fingerprint density at radius 3 is 2.80 bits per heavy atom. The number of methoxy groups -OCH3 is 1. The van der Waals surface area contributed by atoms with Crippen molar-refractivity contribution in [3.05, 3.63) is 64.7 Å². The minimum Gasteiger partial charge on any atom is -0.496 e. The first kappa shape index (κ1) is 17.8. The van der Waals surface area contributed by atoms with Crippen molar-refractivity contribution < 1.29 is 14.6 Å². The van der Waals surface area contributed by atoms with Crippen molar-refractivity contribution >= 4 is 17.5 Å². The molecular weight excluding hydrogens is 338 g/mol. The number of ether oxygens (including phenoxy) is 1. The summed E-state index contributed by atoms with van der Waals surface area (Å²) in [5, 5.41) is 10.1. The summed E-state index contributed by atoms with van der Waals surface area (Å²) in [6.45, 7) is 0.688. The van der Waals surface area contributed by atoms with Crippen molar-refractivity contribution in [1.82, 2.24) is 4.90 Å². The summed E-state index contributed by atoms with van der Waals surface area (Å²) in [6, 6.07) is 15.3. The Bertz CT molecular complexity index is 749. The molecule has 132 valence electrons. The number of aliphatic hydroxyl groups excluding tert-OH is 1. The molecule has 2 unspecified atom stereocenters. The molecule has 1 fully saturated rings. The fourth-order valence-corrected chi connectivity index (χ4v) is 3.43. The largest absolute Gasteiger partial charge is 0.496 e. The van der Waals surface area contributed by atoms with Crippen LogP contribution in [0.25, 0.3) is 0 Å². The van der Waals surface area contributed by atoms with Crippen molar-refractivity contribution in [1.29, 1.82) is 0 Å². The van der Waals surface area contributed by atoms with E-state index in [-0.39, 0.29) is 24.3 Å². The van der Waals surface area contributed by atoms with E-state index in [9.17, 15) is 9.90 Å². The maximum absolute atomic E-state index is 12.9. The number of benzene rings is 2. The Morgan fingerprint density at radius 1 is 1.28 bits per heavy atom. The van der Waals surface area contributed by atoms with E-state index in [0.29, 0.717) is 18.1 Å². The van der Waals surface area contributed by atoms with Crippen LogP contribution in [-0.2, 0) is 11.3 Å². The second kappa shape index (κ2) is 7.89. The molecule has 5 heteroatoms. The number of para-hydroxylation sites is 1. The van der Waals surface area contributed by atoms with Gasteiger partial charge in [-0.1, -0.05) is 41.9 Å². The Morgan fingerprint density at radius 2 is 2.08 bits per heavy atom. The molecular formula is C20H22ClNO3. The zero-order valence-corrected chi connectivity index (χ0v) is 14.9. The van der Waals surface area contributed by atoms with E-state index in [2.05, 4.69) is 0 Å². The van der Waals surface area contributed by atoms with Crippen molar-refractivity contribution in [3.63, 3.8) is 0 Å². The van der Waals surface area contributed by atoms with Crippen LogP contribution >= 0.6 is 11.6 Å². The van der Waals surface area contributed by atoms with Gasteiger partial charge in [0.05, 0.1) is 13.7 Å². The number of carbonyl (C=O) groups excluding carboxylic acids is 1. The normalized spacial score (nSPS) is 18.7. The lowest BCUT2D eigenvalue weighted by Crippen LogP contribution is -2.34. The fourth-order valence-electron chi connectivity index (χ4n) is 3.24. The van der Waals surface area contributed by atoms with Gasteiger partial charge in [-0.05, 0) is 36.1 Å². The van der Waals surface area contributed by atoms with Crippen LogP contribution in [0.3, 0.4) is 0 Å². The summed E-state index contributed by atoms with van der Waals surface area (Å²) in [7, 11) is 1.62. The number of nitrogens with zero attached hydrogens (tertiary/aromatic N) is 1. The molecule has 4 nitrogen and oxygen atoms in total. The van der Waals surface area contributed by atoms with E-state index in [1.807, 2.05) is 48.5 Å². The molecule has 1 saturated carbocycles. The van der Waals surface area contributed by atoms with Gasteiger partial charge in [-0.3, -0.25) is 4.79 Å². The summed E-state index contributed by atoms with van der Waals surface area (Å²) in [6.07, 6.45) is 0.826. The molecule has 25 heavy (non-hydrogen) atoms. The molecule has 0 spiro atoms. The number of aliphatic hydroxyl groups is 1. The summed E-state index contributed by atoms with van der Waals surface area (Å²) >= 11 is 6.05. The van der Waals surface area contributed by atoms with Gasteiger partial charge in [-0.15, -0.1) is 0 Å². The maximum atomic E-state index is 12.9. The highest BCUT2D eigenvalue weighted by atomic mass is 35.5. The van der Waals surface area contributed by atoms with Crippen LogP contribution < -0.4 is 4.74 Å². The molecule has 1 aliphatic carbocycles. The molecule has 0 heterocycles. The maximum Gasteiger partial charge on any atom is 0.226 e. The lowest BCUT2D eigenvalue weighted by molar-refractivity contribution is -0.133. The molecule has 2 aromatic carbocycles. The second-order valence-electron chi connectivity index (χ2n) is 6.30. The fraction of sp³-hybridized carbons (Fsp3) is 0.350. The van der Waals surface area contributed by atoms with Gasteiger partial charge in [0, 0.05) is 29.6 Å². The second-order valence-corrected chi connectivity index (χ2v) is 6.74. The third kappa shape index (κ3) is 4.14. The van der Waals surface area contributed by atoms with Crippen LogP contribution in [-0.4, -0.2) is 36.2 Å². The Kier molecular flexibility index (Phi) is 5.61. The Balaban J connectivity index is 1.72. The van der Waals surface area contributed by atoms with Crippen molar-refractivity contribution in [2.45, 2.75) is 18.9 Å². The van der Waals surface area contributed by atoms with Crippen LogP contribution in [0.5, 0.6) is 5.75 Å². The third-order valence-electron chi connectivity index (χ3n) is 4.62. The minimum atomic E-state index is -0.0601. The van der Waals surface area contributed by atoms with Gasteiger partial charge >= 0.3 is 0 Å². The van der Waals surface area contributed by atoms with Crippen LogP contribution in [0.1, 0.15) is 23.5 Å². The number of amides is 1. The number of hydrogen-bond donors (Lipinski definition) is 1. The molecule has 0 aromatic heterocycles. The molecule has 0 radical (unpaired) electrons. The summed E-state index contributed by atoms with van der Waals surface area (Å²) in [5.74, 6) is 0.996. The predicted octanol–water partition coefficient (Wildman–Crippen LogP) is 3.47. The first-order valence-electron chi connectivity index (χ1n) is 8.41. The van der Waals surface area contributed by atoms with E-state index in [1.165, 1.54) is 0 Å². The average Bonchev–Trinajstić information content (AvgIpc) is 3.42. The molecule has 2 aromatic rings. The van der Waals surface area contributed by atoms with Gasteiger partial charge < -0.3 is 14.7 Å². The molecule has 1 aliphatic rings. The van der Waals surface area contributed by atoms with Crippen LogP contribution in [0.15, 0.2) is 48.5 Å². The van der Waals surface area contributed by atoms with Crippen molar-refractivity contribution in [2.75, 3.05) is 20.3 Å². The molecule has 3 rings (SSSR count). The average molecular weight is 360 g/mol. The molecule has 0 aliphatic heterocycles. The van der Waals surface area contributed by atoms with E-state index in [0.717, 1.165) is 23.3 Å². The molecule has 0 bridgehead atoms. The van der Waals surface area contributed by atoms with Crippen LogP contribution in [0.2, 0.25) is 5.02 Å². The molecule has 1 N–H and O–H groups in total. The van der Waals surface area contributed by atoms with Gasteiger partial charge in [-0.25, -0.2) is 0 Å². The van der Waals surface area contributed by atoms with E-state index < -0.39 is 0 Å². The monoisotopic (exact) mass is 359 g/mol. The number of hydrogen-bond acceptors (Lipinski definition) is 3. The first-order valence-corrected chi connectivity index (χ1v) is 8.79.